The Bertz CT molecular complexity index is 999. The van der Waals surface area contributed by atoms with Crippen LogP contribution < -0.4 is 0 Å². The van der Waals surface area contributed by atoms with Gasteiger partial charge in [-0.3, -0.25) is 0 Å². The number of aromatic carboxylic acids is 1. The minimum absolute atomic E-state index is 0.344. The zero-order chi connectivity index (χ0) is 15.8. The van der Waals surface area contributed by atoms with Crippen molar-refractivity contribution in [3.63, 3.8) is 0 Å². The highest BCUT2D eigenvalue weighted by Crippen LogP contribution is 2.36. The molecule has 2 heterocycles. The first-order chi connectivity index (χ1) is 11.2. The number of benzene rings is 2. The third kappa shape index (κ3) is 2.33. The van der Waals surface area contributed by atoms with Crippen molar-refractivity contribution in [3.8, 4) is 16.1 Å². The molecule has 23 heavy (non-hydrogen) atoms. The quantitative estimate of drug-likeness (QED) is 0.573. The van der Waals surface area contributed by atoms with E-state index in [2.05, 4.69) is 10.6 Å². The van der Waals surface area contributed by atoms with Gasteiger partial charge in [-0.2, -0.15) is 0 Å². The van der Waals surface area contributed by atoms with Crippen molar-refractivity contribution in [2.75, 3.05) is 0 Å². The predicted molar refractivity (Wildman–Crippen MR) is 93.5 cm³/mol. The first kappa shape index (κ1) is 13.8. The van der Waals surface area contributed by atoms with Crippen LogP contribution in [0.25, 0.3) is 27.0 Å². The van der Waals surface area contributed by atoms with Crippen LogP contribution in [0.15, 0.2) is 72.9 Å². The molecule has 0 saturated heterocycles. The van der Waals surface area contributed by atoms with E-state index < -0.39 is 5.97 Å². The second-order valence-corrected chi connectivity index (χ2v) is 6.28. The van der Waals surface area contributed by atoms with Crippen molar-refractivity contribution < 1.29 is 9.90 Å². The van der Waals surface area contributed by atoms with Crippen molar-refractivity contribution in [1.82, 2.24) is 4.57 Å². The van der Waals surface area contributed by atoms with Gasteiger partial charge in [0, 0.05) is 11.8 Å². The van der Waals surface area contributed by atoms with E-state index >= 15 is 0 Å². The fraction of sp³-hybridized carbons (Fsp3) is 0. The Morgan fingerprint density at radius 1 is 0.957 bits per heavy atom. The second-order valence-electron chi connectivity index (χ2n) is 5.25. The highest BCUT2D eigenvalue weighted by Gasteiger charge is 2.17. The first-order valence-electron chi connectivity index (χ1n) is 7.23. The highest BCUT2D eigenvalue weighted by atomic mass is 32.1. The minimum atomic E-state index is -0.894. The van der Waals surface area contributed by atoms with Gasteiger partial charge in [0.15, 0.2) is 0 Å². The number of nitrogens with zero attached hydrogens (tertiary/aromatic N) is 1. The zero-order valence-electron chi connectivity index (χ0n) is 12.1. The summed E-state index contributed by atoms with van der Waals surface area (Å²) in [6.45, 7) is 0. The Morgan fingerprint density at radius 3 is 2.48 bits per heavy atom. The third-order valence-corrected chi connectivity index (χ3v) is 4.95. The lowest BCUT2D eigenvalue weighted by Crippen LogP contribution is -1.90. The van der Waals surface area contributed by atoms with Crippen LogP contribution in [-0.2, 0) is 0 Å². The maximum atomic E-state index is 11.4. The number of aromatic nitrogens is 1. The highest BCUT2D eigenvalue weighted by molar-refractivity contribution is 7.17. The second kappa shape index (κ2) is 5.41. The molecule has 0 spiro atoms. The first-order valence-corrected chi connectivity index (χ1v) is 8.05. The normalized spacial score (nSPS) is 11.0. The molecule has 4 aromatic rings. The number of rotatable bonds is 3. The van der Waals surface area contributed by atoms with Gasteiger partial charge in [0.25, 0.3) is 0 Å². The van der Waals surface area contributed by atoms with Crippen LogP contribution in [0.3, 0.4) is 0 Å². The van der Waals surface area contributed by atoms with E-state index in [0.29, 0.717) is 4.88 Å². The van der Waals surface area contributed by atoms with Crippen LogP contribution in [0.2, 0.25) is 0 Å². The average Bonchev–Trinajstić information content (AvgIpc) is 3.19. The number of carbonyl (C=O) groups is 1. The molecule has 2 aromatic heterocycles. The Morgan fingerprint density at radius 2 is 1.70 bits per heavy atom. The molecule has 3 nitrogen and oxygen atoms in total. The van der Waals surface area contributed by atoms with E-state index in [1.807, 2.05) is 60.8 Å². The summed E-state index contributed by atoms with van der Waals surface area (Å²) in [5.41, 5.74) is 3.03. The van der Waals surface area contributed by atoms with Gasteiger partial charge in [0.2, 0.25) is 0 Å². The van der Waals surface area contributed by atoms with Crippen molar-refractivity contribution in [2.24, 2.45) is 0 Å². The smallest absolute Gasteiger partial charge is 0.345 e. The van der Waals surface area contributed by atoms with Gasteiger partial charge in [0.05, 0.1) is 5.52 Å². The molecular formula is C19H13NO2S. The summed E-state index contributed by atoms with van der Waals surface area (Å²) >= 11 is 1.30. The Balaban J connectivity index is 1.99. The Labute approximate surface area is 137 Å². The van der Waals surface area contributed by atoms with Gasteiger partial charge in [-0.15, -0.1) is 11.3 Å². The van der Waals surface area contributed by atoms with Gasteiger partial charge < -0.3 is 9.67 Å². The number of para-hydroxylation sites is 1. The monoisotopic (exact) mass is 319 g/mol. The van der Waals surface area contributed by atoms with Gasteiger partial charge in [-0.25, -0.2) is 4.79 Å². The van der Waals surface area contributed by atoms with Gasteiger partial charge in [-0.1, -0.05) is 48.5 Å². The molecule has 112 valence electrons. The Kier molecular flexibility index (Phi) is 3.24. The molecule has 0 atom stereocenters. The molecule has 0 aliphatic carbocycles. The van der Waals surface area contributed by atoms with Crippen LogP contribution in [0.5, 0.6) is 0 Å². The van der Waals surface area contributed by atoms with Crippen LogP contribution in [0, 0.1) is 0 Å². The summed E-state index contributed by atoms with van der Waals surface area (Å²) in [4.78, 5) is 11.8. The molecular weight excluding hydrogens is 306 g/mol. The van der Waals surface area contributed by atoms with Crippen LogP contribution in [-0.4, -0.2) is 15.6 Å². The van der Waals surface area contributed by atoms with Crippen molar-refractivity contribution in [3.05, 3.63) is 77.8 Å². The van der Waals surface area contributed by atoms with E-state index in [-0.39, 0.29) is 0 Å². The summed E-state index contributed by atoms with van der Waals surface area (Å²) in [5.74, 6) is -0.894. The lowest BCUT2D eigenvalue weighted by atomic mass is 10.1. The molecule has 0 bridgehead atoms. The molecule has 0 radical (unpaired) electrons. The fourth-order valence-corrected chi connectivity index (χ4v) is 3.77. The number of fused-ring (bicyclic) bond motifs is 1. The summed E-state index contributed by atoms with van der Waals surface area (Å²) < 4.78 is 2.06. The SMILES string of the molecule is O=C(O)c1cc(-c2ccccc2)c(-n2ccc3ccccc32)s1. The molecule has 0 aliphatic rings. The molecule has 4 heteroatoms. The maximum Gasteiger partial charge on any atom is 0.345 e. The van der Waals surface area contributed by atoms with E-state index in [1.165, 1.54) is 11.3 Å². The molecule has 0 saturated carbocycles. The van der Waals surface area contributed by atoms with E-state index in [4.69, 9.17) is 0 Å². The number of hydrogen-bond donors (Lipinski definition) is 1. The van der Waals surface area contributed by atoms with Crippen molar-refractivity contribution in [1.29, 1.82) is 0 Å². The summed E-state index contributed by atoms with van der Waals surface area (Å²) in [7, 11) is 0. The zero-order valence-corrected chi connectivity index (χ0v) is 13.0. The topological polar surface area (TPSA) is 42.2 Å². The number of thiophene rings is 1. The van der Waals surface area contributed by atoms with Crippen LogP contribution in [0.1, 0.15) is 9.67 Å². The average molecular weight is 319 g/mol. The number of carboxylic acid groups (broad SMARTS) is 1. The lowest BCUT2D eigenvalue weighted by molar-refractivity contribution is 0.0702. The van der Waals surface area contributed by atoms with Crippen molar-refractivity contribution >= 4 is 28.2 Å². The molecule has 4 rings (SSSR count). The third-order valence-electron chi connectivity index (χ3n) is 3.83. The molecule has 1 N–H and O–H groups in total. The van der Waals surface area contributed by atoms with Crippen molar-refractivity contribution in [2.45, 2.75) is 0 Å². The molecule has 0 fully saturated rings. The molecule has 2 aromatic carbocycles. The van der Waals surface area contributed by atoms with Gasteiger partial charge >= 0.3 is 5.97 Å². The molecule has 0 amide bonds. The van der Waals surface area contributed by atoms with Crippen LogP contribution in [0.4, 0.5) is 0 Å². The molecule has 0 aliphatic heterocycles. The van der Waals surface area contributed by atoms with E-state index in [9.17, 15) is 9.90 Å². The number of hydrogen-bond acceptors (Lipinski definition) is 2. The predicted octanol–water partition coefficient (Wildman–Crippen LogP) is 5.06. The lowest BCUT2D eigenvalue weighted by Gasteiger charge is -2.07. The van der Waals surface area contributed by atoms with Crippen LogP contribution >= 0.6 is 11.3 Å². The summed E-state index contributed by atoms with van der Waals surface area (Å²) in [5, 5.41) is 11.4. The summed E-state index contributed by atoms with van der Waals surface area (Å²) in [6.07, 6.45) is 1.99. The van der Waals surface area contributed by atoms with Gasteiger partial charge in [0.1, 0.15) is 9.88 Å². The Hall–Kier alpha value is -2.85. The number of carboxylic acids is 1. The minimum Gasteiger partial charge on any atom is -0.477 e. The standard InChI is InChI=1S/C19H13NO2S/c21-19(22)17-12-15(13-6-2-1-3-7-13)18(23-17)20-11-10-14-8-4-5-9-16(14)20/h1-12H,(H,21,22). The largest absolute Gasteiger partial charge is 0.477 e. The molecule has 0 unspecified atom stereocenters. The summed E-state index contributed by atoms with van der Waals surface area (Å²) in [6, 6.07) is 21.8. The maximum absolute atomic E-state index is 11.4. The van der Waals surface area contributed by atoms with E-state index in [0.717, 1.165) is 27.0 Å². The van der Waals surface area contributed by atoms with E-state index in [1.54, 1.807) is 6.07 Å². The fourth-order valence-electron chi connectivity index (χ4n) is 2.75. The van der Waals surface area contributed by atoms with Gasteiger partial charge in [-0.05, 0) is 29.1 Å².